The molecule has 1 aromatic heterocycles. The number of nitrogens with two attached hydrogens (primary N) is 2. The Kier molecular flexibility index (Phi) is 2.86. The van der Waals surface area contributed by atoms with Crippen LogP contribution in [0.3, 0.4) is 0 Å². The van der Waals surface area contributed by atoms with Gasteiger partial charge in [0.05, 0.1) is 17.6 Å². The summed E-state index contributed by atoms with van der Waals surface area (Å²) in [5.41, 5.74) is 13.6. The average Bonchev–Trinajstić information content (AvgIpc) is 2.55. The predicted molar refractivity (Wildman–Crippen MR) is 64.4 cm³/mol. The van der Waals surface area contributed by atoms with E-state index in [2.05, 4.69) is 9.72 Å². The number of amides is 1. The highest BCUT2D eigenvalue weighted by Crippen LogP contribution is 2.18. The number of imidazole rings is 1. The SMILES string of the molecule is Cc1ccc2nc(N)n(CCOC(N)=O)c2c1. The van der Waals surface area contributed by atoms with Crippen LogP contribution in [0, 0.1) is 6.92 Å². The molecule has 0 atom stereocenters. The van der Waals surface area contributed by atoms with Gasteiger partial charge in [-0.05, 0) is 24.6 Å². The van der Waals surface area contributed by atoms with Crippen LogP contribution in [0.15, 0.2) is 18.2 Å². The highest BCUT2D eigenvalue weighted by molar-refractivity contribution is 5.79. The van der Waals surface area contributed by atoms with Crippen molar-refractivity contribution in [2.45, 2.75) is 13.5 Å². The monoisotopic (exact) mass is 234 g/mol. The normalized spacial score (nSPS) is 10.6. The number of carbonyl (C=O) groups is 1. The Morgan fingerprint density at radius 3 is 3.00 bits per heavy atom. The molecule has 0 unspecified atom stereocenters. The minimum atomic E-state index is -0.788. The Balaban J connectivity index is 2.28. The largest absolute Gasteiger partial charge is 0.448 e. The van der Waals surface area contributed by atoms with E-state index in [0.29, 0.717) is 12.5 Å². The summed E-state index contributed by atoms with van der Waals surface area (Å²) in [5, 5.41) is 0. The second-order valence-corrected chi connectivity index (χ2v) is 3.78. The second kappa shape index (κ2) is 4.32. The van der Waals surface area contributed by atoms with Crippen LogP contribution in [0.4, 0.5) is 10.7 Å². The molecular weight excluding hydrogens is 220 g/mol. The minimum Gasteiger partial charge on any atom is -0.448 e. The van der Waals surface area contributed by atoms with Crippen LogP contribution in [0.25, 0.3) is 11.0 Å². The van der Waals surface area contributed by atoms with E-state index in [9.17, 15) is 4.79 Å². The van der Waals surface area contributed by atoms with E-state index >= 15 is 0 Å². The van der Waals surface area contributed by atoms with Crippen molar-refractivity contribution in [3.63, 3.8) is 0 Å². The van der Waals surface area contributed by atoms with Gasteiger partial charge >= 0.3 is 6.09 Å². The number of nitrogens with zero attached hydrogens (tertiary/aromatic N) is 2. The first-order valence-corrected chi connectivity index (χ1v) is 5.22. The minimum absolute atomic E-state index is 0.179. The number of hydrogen-bond acceptors (Lipinski definition) is 4. The van der Waals surface area contributed by atoms with Crippen LogP contribution in [-0.2, 0) is 11.3 Å². The first-order valence-electron chi connectivity index (χ1n) is 5.22. The summed E-state index contributed by atoms with van der Waals surface area (Å²) < 4.78 is 6.48. The molecule has 1 heterocycles. The Morgan fingerprint density at radius 2 is 2.29 bits per heavy atom. The van der Waals surface area contributed by atoms with Gasteiger partial charge in [0.25, 0.3) is 0 Å². The van der Waals surface area contributed by atoms with Crippen molar-refractivity contribution in [1.82, 2.24) is 9.55 Å². The van der Waals surface area contributed by atoms with Crippen molar-refractivity contribution in [1.29, 1.82) is 0 Å². The maximum absolute atomic E-state index is 10.5. The molecular formula is C11H14N4O2. The summed E-state index contributed by atoms with van der Waals surface area (Å²) in [5.74, 6) is 0.402. The van der Waals surface area contributed by atoms with Gasteiger partial charge in [0.1, 0.15) is 6.61 Å². The molecule has 0 aliphatic carbocycles. The topological polar surface area (TPSA) is 96.2 Å². The van der Waals surface area contributed by atoms with E-state index in [1.165, 1.54) is 0 Å². The summed E-state index contributed by atoms with van der Waals surface area (Å²) in [4.78, 5) is 14.7. The van der Waals surface area contributed by atoms with E-state index in [4.69, 9.17) is 11.5 Å². The molecule has 4 N–H and O–H groups in total. The smallest absolute Gasteiger partial charge is 0.404 e. The van der Waals surface area contributed by atoms with Crippen LogP contribution in [-0.4, -0.2) is 22.3 Å². The molecule has 2 aromatic rings. The Hall–Kier alpha value is -2.24. The molecule has 2 rings (SSSR count). The molecule has 0 aliphatic rings. The number of hydrogen-bond donors (Lipinski definition) is 2. The summed E-state index contributed by atoms with van der Waals surface area (Å²) in [6.07, 6.45) is -0.788. The lowest BCUT2D eigenvalue weighted by molar-refractivity contribution is 0.153. The summed E-state index contributed by atoms with van der Waals surface area (Å²) in [6, 6.07) is 5.87. The van der Waals surface area contributed by atoms with E-state index in [0.717, 1.165) is 16.6 Å². The van der Waals surface area contributed by atoms with Crippen molar-refractivity contribution < 1.29 is 9.53 Å². The zero-order chi connectivity index (χ0) is 12.4. The van der Waals surface area contributed by atoms with Crippen LogP contribution < -0.4 is 11.5 Å². The first-order chi connectivity index (χ1) is 8.08. The van der Waals surface area contributed by atoms with Crippen LogP contribution in [0.1, 0.15) is 5.56 Å². The van der Waals surface area contributed by atoms with Crippen LogP contribution in [0.2, 0.25) is 0 Å². The average molecular weight is 234 g/mol. The molecule has 1 amide bonds. The number of fused-ring (bicyclic) bond motifs is 1. The molecule has 6 nitrogen and oxygen atoms in total. The molecule has 0 saturated carbocycles. The fourth-order valence-electron chi connectivity index (χ4n) is 1.72. The van der Waals surface area contributed by atoms with Crippen LogP contribution in [0.5, 0.6) is 0 Å². The summed E-state index contributed by atoms with van der Waals surface area (Å²) >= 11 is 0. The number of aromatic nitrogens is 2. The zero-order valence-corrected chi connectivity index (χ0v) is 9.51. The molecule has 90 valence electrons. The number of aryl methyl sites for hydroxylation is 1. The zero-order valence-electron chi connectivity index (χ0n) is 9.51. The highest BCUT2D eigenvalue weighted by Gasteiger charge is 2.08. The number of primary amides is 1. The molecule has 0 saturated heterocycles. The molecule has 0 radical (unpaired) electrons. The molecule has 17 heavy (non-hydrogen) atoms. The molecule has 0 bridgehead atoms. The Morgan fingerprint density at radius 1 is 1.53 bits per heavy atom. The number of nitrogen functional groups attached to an aromatic ring is 1. The molecule has 0 fully saturated rings. The fraction of sp³-hybridized carbons (Fsp3) is 0.273. The van der Waals surface area contributed by atoms with E-state index in [1.807, 2.05) is 25.1 Å². The Labute approximate surface area is 98.2 Å². The summed E-state index contributed by atoms with van der Waals surface area (Å²) in [7, 11) is 0. The third-order valence-electron chi connectivity index (χ3n) is 2.49. The number of rotatable bonds is 3. The fourth-order valence-corrected chi connectivity index (χ4v) is 1.72. The van der Waals surface area contributed by atoms with Gasteiger partial charge in [0, 0.05) is 0 Å². The molecule has 6 heteroatoms. The van der Waals surface area contributed by atoms with Crippen molar-refractivity contribution in [3.05, 3.63) is 23.8 Å². The van der Waals surface area contributed by atoms with Gasteiger partial charge in [-0.15, -0.1) is 0 Å². The van der Waals surface area contributed by atoms with E-state index < -0.39 is 6.09 Å². The molecule has 0 spiro atoms. The second-order valence-electron chi connectivity index (χ2n) is 3.78. The number of anilines is 1. The van der Waals surface area contributed by atoms with Gasteiger partial charge in [-0.2, -0.15) is 0 Å². The number of benzene rings is 1. The van der Waals surface area contributed by atoms with Crippen molar-refractivity contribution in [2.75, 3.05) is 12.3 Å². The molecule has 0 aliphatic heterocycles. The summed E-state index contributed by atoms with van der Waals surface area (Å²) in [6.45, 7) is 2.61. The van der Waals surface area contributed by atoms with Gasteiger partial charge < -0.3 is 20.8 Å². The first kappa shape index (κ1) is 11.3. The van der Waals surface area contributed by atoms with Gasteiger partial charge in [-0.3, -0.25) is 0 Å². The van der Waals surface area contributed by atoms with Crippen molar-refractivity contribution in [2.24, 2.45) is 5.73 Å². The highest BCUT2D eigenvalue weighted by atomic mass is 16.5. The quantitative estimate of drug-likeness (QED) is 0.828. The number of ether oxygens (including phenoxy) is 1. The Bertz CT molecular complexity index is 562. The van der Waals surface area contributed by atoms with Gasteiger partial charge in [-0.25, -0.2) is 9.78 Å². The van der Waals surface area contributed by atoms with Gasteiger partial charge in [-0.1, -0.05) is 6.07 Å². The van der Waals surface area contributed by atoms with E-state index in [-0.39, 0.29) is 6.61 Å². The third kappa shape index (κ3) is 2.30. The lowest BCUT2D eigenvalue weighted by Gasteiger charge is -2.06. The van der Waals surface area contributed by atoms with Crippen molar-refractivity contribution in [3.8, 4) is 0 Å². The maximum Gasteiger partial charge on any atom is 0.404 e. The van der Waals surface area contributed by atoms with E-state index in [1.54, 1.807) is 4.57 Å². The lowest BCUT2D eigenvalue weighted by Crippen LogP contribution is -2.17. The van der Waals surface area contributed by atoms with Crippen molar-refractivity contribution >= 4 is 23.1 Å². The molecule has 1 aromatic carbocycles. The number of carbonyl (C=O) groups excluding carboxylic acids is 1. The van der Waals surface area contributed by atoms with Gasteiger partial charge in [0.15, 0.2) is 0 Å². The maximum atomic E-state index is 10.5. The van der Waals surface area contributed by atoms with Gasteiger partial charge in [0.2, 0.25) is 5.95 Å². The standard InChI is InChI=1S/C11H14N4O2/c1-7-2-3-8-9(6-7)15(10(12)14-8)4-5-17-11(13)16/h2-3,6H,4-5H2,1H3,(H2,12,14)(H2,13,16). The third-order valence-corrected chi connectivity index (χ3v) is 2.49. The lowest BCUT2D eigenvalue weighted by atomic mass is 10.2. The van der Waals surface area contributed by atoms with Crippen LogP contribution >= 0.6 is 0 Å². The predicted octanol–water partition coefficient (Wildman–Crippen LogP) is 1.02.